The van der Waals surface area contributed by atoms with Crippen molar-refractivity contribution in [1.29, 1.82) is 0 Å². The van der Waals surface area contributed by atoms with Crippen LogP contribution < -0.4 is 5.32 Å². The topological polar surface area (TPSA) is 86.6 Å². The molecule has 0 radical (unpaired) electrons. The van der Waals surface area contributed by atoms with Crippen LogP contribution in [-0.4, -0.2) is 27.9 Å². The van der Waals surface area contributed by atoms with Crippen LogP contribution in [0.3, 0.4) is 0 Å². The summed E-state index contributed by atoms with van der Waals surface area (Å²) in [5.41, 5.74) is 2.11. The predicted molar refractivity (Wildman–Crippen MR) is 110 cm³/mol. The highest BCUT2D eigenvalue weighted by atomic mass is 16.3. The number of phenols is 1. The third-order valence-electron chi connectivity index (χ3n) is 6.58. The van der Waals surface area contributed by atoms with Gasteiger partial charge in [0.1, 0.15) is 17.1 Å². The molecule has 5 atom stereocenters. The lowest BCUT2D eigenvalue weighted by Gasteiger charge is -2.40. The molecule has 1 amide bonds. The van der Waals surface area contributed by atoms with Gasteiger partial charge in [0.25, 0.3) is 5.91 Å². The number of phenolic OH excluding ortho intramolecular Hbond substituents is 1. The Hall–Kier alpha value is -2.82. The number of fused-ring (bicyclic) bond motifs is 1. The molecule has 5 nitrogen and oxygen atoms in total. The fraction of sp³-hybridized carbons (Fsp3) is 0.417. The molecule has 4 rings (SSSR count). The number of ketones is 1. The van der Waals surface area contributed by atoms with Gasteiger partial charge in [0.2, 0.25) is 0 Å². The van der Waals surface area contributed by atoms with Crippen LogP contribution in [0.4, 0.5) is 0 Å². The summed E-state index contributed by atoms with van der Waals surface area (Å²) in [7, 11) is 0. The van der Waals surface area contributed by atoms with Gasteiger partial charge in [-0.15, -0.1) is 0 Å². The second-order valence-corrected chi connectivity index (χ2v) is 8.61. The Morgan fingerprint density at radius 3 is 2.62 bits per heavy atom. The van der Waals surface area contributed by atoms with E-state index in [0.29, 0.717) is 12.3 Å². The minimum atomic E-state index is -0.692. The first kappa shape index (κ1) is 19.5. The summed E-state index contributed by atoms with van der Waals surface area (Å²) in [6.45, 7) is 4.15. The number of amides is 1. The Morgan fingerprint density at radius 1 is 1.17 bits per heavy atom. The Balaban J connectivity index is 1.61. The average molecular weight is 393 g/mol. The molecule has 0 unspecified atom stereocenters. The molecule has 1 aromatic rings. The summed E-state index contributed by atoms with van der Waals surface area (Å²) in [6, 6.07) is 5.87. The first-order valence-corrected chi connectivity index (χ1v) is 10.2. The van der Waals surface area contributed by atoms with Crippen molar-refractivity contribution >= 4 is 11.7 Å². The van der Waals surface area contributed by atoms with Crippen molar-refractivity contribution in [1.82, 2.24) is 5.32 Å². The molecular weight excluding hydrogens is 366 g/mol. The van der Waals surface area contributed by atoms with Gasteiger partial charge in [0, 0.05) is 12.3 Å². The van der Waals surface area contributed by atoms with E-state index in [2.05, 4.69) is 30.5 Å². The second-order valence-electron chi connectivity index (χ2n) is 8.61. The van der Waals surface area contributed by atoms with Gasteiger partial charge in [-0.25, -0.2) is 0 Å². The third kappa shape index (κ3) is 3.61. The van der Waals surface area contributed by atoms with Crippen molar-refractivity contribution in [3.63, 3.8) is 0 Å². The number of Topliss-reactive ketones (excluding diaryl/α,β-unsaturated/α-hetero) is 1. The van der Waals surface area contributed by atoms with Crippen molar-refractivity contribution < 1.29 is 19.8 Å². The summed E-state index contributed by atoms with van der Waals surface area (Å²) in [5, 5.41) is 23.3. The van der Waals surface area contributed by atoms with Gasteiger partial charge in [0.05, 0.1) is 6.04 Å². The Labute approximate surface area is 170 Å². The number of hydrogen-bond donors (Lipinski definition) is 3. The van der Waals surface area contributed by atoms with E-state index in [0.717, 1.165) is 18.4 Å². The van der Waals surface area contributed by atoms with E-state index in [1.165, 1.54) is 5.57 Å². The van der Waals surface area contributed by atoms with Crippen LogP contribution in [0.15, 0.2) is 59.4 Å². The van der Waals surface area contributed by atoms with Gasteiger partial charge in [-0.3, -0.25) is 9.59 Å². The lowest BCUT2D eigenvalue weighted by Crippen LogP contribution is -2.34. The number of rotatable bonds is 3. The summed E-state index contributed by atoms with van der Waals surface area (Å²) < 4.78 is 0. The fourth-order valence-corrected chi connectivity index (χ4v) is 5.02. The van der Waals surface area contributed by atoms with Crippen molar-refractivity contribution in [2.45, 2.75) is 39.2 Å². The van der Waals surface area contributed by atoms with E-state index < -0.39 is 11.9 Å². The molecule has 5 heteroatoms. The molecular formula is C24H27NO4. The van der Waals surface area contributed by atoms with Gasteiger partial charge in [-0.05, 0) is 55.2 Å². The second kappa shape index (κ2) is 7.54. The van der Waals surface area contributed by atoms with E-state index in [1.807, 2.05) is 6.92 Å². The zero-order valence-electron chi connectivity index (χ0n) is 16.8. The molecule has 2 aliphatic carbocycles. The number of allylic oxidation sites excluding steroid dienone is 5. The molecule has 3 N–H and O–H groups in total. The van der Waals surface area contributed by atoms with Crippen LogP contribution >= 0.6 is 0 Å². The number of nitrogens with one attached hydrogen (secondary N) is 1. The maximum absolute atomic E-state index is 13.0. The van der Waals surface area contributed by atoms with Crippen molar-refractivity contribution in [2.75, 3.05) is 0 Å². The third-order valence-corrected chi connectivity index (χ3v) is 6.58. The zero-order chi connectivity index (χ0) is 20.7. The minimum absolute atomic E-state index is 0.0551. The highest BCUT2D eigenvalue weighted by Crippen LogP contribution is 2.45. The molecule has 1 heterocycles. The molecule has 1 aliphatic heterocycles. The van der Waals surface area contributed by atoms with Crippen molar-refractivity contribution in [3.8, 4) is 5.75 Å². The van der Waals surface area contributed by atoms with E-state index >= 15 is 0 Å². The standard InChI is InChI=1S/C24H27NO4/c1-13-3-10-18-16(11-13)7-4-14(2)20(18)23(28)21-22(27)19(25-24(21)29)12-15-5-8-17(26)9-6-15/h3-9,14,16,18-20,26,28H,10-12H2,1-2H3,(H,25,29)/b23-21+/t14-,16-,18-,19+,20-/m1/s1. The highest BCUT2D eigenvalue weighted by Gasteiger charge is 2.44. The lowest BCUT2D eigenvalue weighted by atomic mass is 9.64. The number of benzene rings is 1. The Kier molecular flexibility index (Phi) is 5.07. The smallest absolute Gasteiger partial charge is 0.259 e. The summed E-state index contributed by atoms with van der Waals surface area (Å²) in [6.07, 6.45) is 8.67. The van der Waals surface area contributed by atoms with Crippen LogP contribution in [0.25, 0.3) is 0 Å². The van der Waals surface area contributed by atoms with Gasteiger partial charge in [-0.2, -0.15) is 0 Å². The van der Waals surface area contributed by atoms with Gasteiger partial charge < -0.3 is 15.5 Å². The Bertz CT molecular complexity index is 925. The van der Waals surface area contributed by atoms with Gasteiger partial charge >= 0.3 is 0 Å². The van der Waals surface area contributed by atoms with Gasteiger partial charge in [-0.1, -0.05) is 42.9 Å². The molecule has 0 bridgehead atoms. The van der Waals surface area contributed by atoms with E-state index in [-0.39, 0.29) is 40.6 Å². The molecule has 1 aromatic carbocycles. The fourth-order valence-electron chi connectivity index (χ4n) is 5.02. The molecule has 152 valence electrons. The number of carbonyl (C=O) groups excluding carboxylic acids is 2. The highest BCUT2D eigenvalue weighted by molar-refractivity contribution is 6.27. The lowest BCUT2D eigenvalue weighted by molar-refractivity contribution is -0.117. The van der Waals surface area contributed by atoms with E-state index in [1.54, 1.807) is 24.3 Å². The van der Waals surface area contributed by atoms with Crippen LogP contribution in [0.2, 0.25) is 0 Å². The van der Waals surface area contributed by atoms with E-state index in [9.17, 15) is 19.8 Å². The maximum Gasteiger partial charge on any atom is 0.259 e. The monoisotopic (exact) mass is 393 g/mol. The van der Waals surface area contributed by atoms with Crippen molar-refractivity contribution in [3.05, 3.63) is 65.0 Å². The molecule has 0 spiro atoms. The predicted octanol–water partition coefficient (Wildman–Crippen LogP) is 3.61. The van der Waals surface area contributed by atoms with Crippen LogP contribution in [0, 0.1) is 23.7 Å². The van der Waals surface area contributed by atoms with E-state index in [4.69, 9.17) is 0 Å². The number of hydrogen-bond acceptors (Lipinski definition) is 4. The Morgan fingerprint density at radius 2 is 1.90 bits per heavy atom. The summed E-state index contributed by atoms with van der Waals surface area (Å²) >= 11 is 0. The first-order chi connectivity index (χ1) is 13.8. The normalized spacial score (nSPS) is 33.2. The minimum Gasteiger partial charge on any atom is -0.511 e. The molecule has 0 aromatic heterocycles. The maximum atomic E-state index is 13.0. The van der Waals surface area contributed by atoms with Crippen LogP contribution in [0.1, 0.15) is 32.3 Å². The number of aromatic hydroxyl groups is 1. The molecule has 0 saturated carbocycles. The van der Waals surface area contributed by atoms with Crippen LogP contribution in [-0.2, 0) is 16.0 Å². The number of aliphatic hydroxyl groups excluding tert-OH is 1. The summed E-state index contributed by atoms with van der Waals surface area (Å²) in [4.78, 5) is 25.6. The number of carbonyl (C=O) groups is 2. The molecule has 3 aliphatic rings. The molecule has 1 saturated heterocycles. The first-order valence-electron chi connectivity index (χ1n) is 10.2. The summed E-state index contributed by atoms with van der Waals surface area (Å²) in [5.74, 6) is -0.378. The largest absolute Gasteiger partial charge is 0.511 e. The quantitative estimate of drug-likeness (QED) is 0.317. The number of aliphatic hydroxyl groups is 1. The van der Waals surface area contributed by atoms with Crippen LogP contribution in [0.5, 0.6) is 5.75 Å². The SMILES string of the molecule is CC1=CC[C@H]2[C@H](/C(O)=C3\C(=O)N[C@@H](Cc4ccc(O)cc4)C3=O)[C@H](C)C=C[C@@H]2C1. The zero-order valence-corrected chi connectivity index (χ0v) is 16.8. The average Bonchev–Trinajstić information content (AvgIpc) is 2.96. The van der Waals surface area contributed by atoms with Gasteiger partial charge in [0.15, 0.2) is 5.78 Å². The molecule has 1 fully saturated rings. The van der Waals surface area contributed by atoms with Crippen molar-refractivity contribution in [2.24, 2.45) is 23.7 Å². The molecule has 29 heavy (non-hydrogen) atoms.